The number of sulfonamides is 1. The molecule has 3 heterocycles. The number of ether oxygens (including phenoxy) is 1. The molecule has 0 radical (unpaired) electrons. The Hall–Kier alpha value is -3.88. The van der Waals surface area contributed by atoms with Crippen LogP contribution in [-0.2, 0) is 37.2 Å². The van der Waals surface area contributed by atoms with Crippen LogP contribution in [0.25, 0.3) is 11.0 Å². The first-order chi connectivity index (χ1) is 22.7. The number of amides is 3. The first-order valence-electron chi connectivity index (χ1n) is 16.2. The van der Waals surface area contributed by atoms with Crippen molar-refractivity contribution in [1.29, 1.82) is 0 Å². The zero-order valence-corrected chi connectivity index (χ0v) is 28.9. The molecule has 14 heteroatoms. The number of nitrogens with one attached hydrogen (secondary N) is 2. The number of nitrogens with zero attached hydrogens (tertiary/aromatic N) is 3. The maximum absolute atomic E-state index is 14.0. The van der Waals surface area contributed by atoms with Crippen LogP contribution in [0.15, 0.2) is 54.4 Å². The first-order valence-corrected chi connectivity index (χ1v) is 18.6. The van der Waals surface area contributed by atoms with Crippen molar-refractivity contribution in [3.63, 3.8) is 0 Å². The van der Waals surface area contributed by atoms with Gasteiger partial charge in [0.1, 0.15) is 29.5 Å². The number of carbonyl (C=O) groups excluding carboxylic acids is 3. The highest BCUT2D eigenvalue weighted by Gasteiger charge is 2.62. The van der Waals surface area contributed by atoms with E-state index in [-0.39, 0.29) is 19.4 Å². The number of aryl methyl sites for hydroxylation is 2. The monoisotopic (exact) mass is 695 g/mol. The molecule has 1 aliphatic heterocycles. The third-order valence-corrected chi connectivity index (χ3v) is 12.0. The predicted molar refractivity (Wildman–Crippen MR) is 181 cm³/mol. The van der Waals surface area contributed by atoms with Crippen LogP contribution in [0.3, 0.4) is 0 Å². The molecule has 0 spiro atoms. The van der Waals surface area contributed by atoms with Gasteiger partial charge in [0.2, 0.25) is 21.8 Å². The van der Waals surface area contributed by atoms with Crippen molar-refractivity contribution in [1.82, 2.24) is 24.9 Å². The zero-order chi connectivity index (χ0) is 34.4. The Labute approximate surface area is 284 Å². The highest BCUT2D eigenvalue weighted by atomic mass is 32.2. The second-order valence-corrected chi connectivity index (χ2v) is 17.0. The third kappa shape index (κ3) is 6.96. The van der Waals surface area contributed by atoms with E-state index < -0.39 is 68.1 Å². The van der Waals surface area contributed by atoms with Gasteiger partial charge >= 0.3 is 0 Å². The standard InChI is InChI=1S/C34H41N5O7S2/c1-5-20-18-34(20,32(43)38-48(44,45)23-13-14-23)37-29(41)27-17-21(19-39(27)31(42)28(40)33(2,3)4)46-30-26(15-12-22-9-8-16-47-22)35-24-10-6-7-11-25(24)36-30/h5-11,16,20-21,23,27-28,40H,1,12-15,17-19H2,2-4H3,(H,37,41)(H,38,43)/t20-,21-,27+,28-,34-/m1/s1. The summed E-state index contributed by atoms with van der Waals surface area (Å²) in [4.78, 5) is 53.1. The van der Waals surface area contributed by atoms with E-state index in [1.54, 1.807) is 32.1 Å². The third-order valence-electron chi connectivity index (χ3n) is 9.22. The molecule has 256 valence electrons. The van der Waals surface area contributed by atoms with E-state index >= 15 is 0 Å². The Bertz CT molecular complexity index is 1840. The molecule has 2 saturated carbocycles. The molecule has 2 aromatic heterocycles. The molecule has 6 rings (SSSR count). The lowest BCUT2D eigenvalue weighted by Gasteiger charge is -2.32. The first kappa shape index (κ1) is 34.0. The molecule has 1 saturated heterocycles. The van der Waals surface area contributed by atoms with Gasteiger partial charge in [0.05, 0.1) is 22.8 Å². The second-order valence-electron chi connectivity index (χ2n) is 14.0. The minimum absolute atomic E-state index is 0.0247. The lowest BCUT2D eigenvalue weighted by molar-refractivity contribution is -0.150. The van der Waals surface area contributed by atoms with Gasteiger partial charge < -0.3 is 20.1 Å². The van der Waals surface area contributed by atoms with Gasteiger partial charge in [-0.15, -0.1) is 17.9 Å². The quantitative estimate of drug-likeness (QED) is 0.242. The fraction of sp³-hybridized carbons (Fsp3) is 0.500. The Morgan fingerprint density at radius 3 is 2.46 bits per heavy atom. The number of para-hydroxylation sites is 2. The molecule has 3 aliphatic rings. The van der Waals surface area contributed by atoms with E-state index in [1.807, 2.05) is 35.7 Å². The van der Waals surface area contributed by atoms with Gasteiger partial charge in [-0.25, -0.2) is 18.4 Å². The Morgan fingerprint density at radius 1 is 1.15 bits per heavy atom. The second kappa shape index (κ2) is 12.9. The number of hydrogen-bond acceptors (Lipinski definition) is 10. The molecule has 2 aliphatic carbocycles. The highest BCUT2D eigenvalue weighted by molar-refractivity contribution is 7.91. The number of carbonyl (C=O) groups is 3. The summed E-state index contributed by atoms with van der Waals surface area (Å²) in [7, 11) is -3.87. The molecule has 3 aromatic rings. The van der Waals surface area contributed by atoms with Gasteiger partial charge in [0.25, 0.3) is 11.8 Å². The molecule has 5 atom stereocenters. The molecule has 3 amide bonds. The Morgan fingerprint density at radius 2 is 1.85 bits per heavy atom. The molecule has 3 fully saturated rings. The van der Waals surface area contributed by atoms with Crippen LogP contribution in [0.1, 0.15) is 57.0 Å². The maximum atomic E-state index is 14.0. The molecular weight excluding hydrogens is 655 g/mol. The van der Waals surface area contributed by atoms with Gasteiger partial charge in [-0.2, -0.15) is 0 Å². The van der Waals surface area contributed by atoms with Crippen LogP contribution in [0.2, 0.25) is 0 Å². The minimum atomic E-state index is -3.87. The summed E-state index contributed by atoms with van der Waals surface area (Å²) in [5.41, 5.74) is -0.349. The van der Waals surface area contributed by atoms with Crippen molar-refractivity contribution < 1.29 is 32.6 Å². The van der Waals surface area contributed by atoms with E-state index in [0.29, 0.717) is 41.9 Å². The normalized spacial score (nSPS) is 24.6. The van der Waals surface area contributed by atoms with E-state index in [9.17, 15) is 27.9 Å². The van der Waals surface area contributed by atoms with Crippen molar-refractivity contribution in [3.8, 4) is 5.88 Å². The van der Waals surface area contributed by atoms with Gasteiger partial charge in [0, 0.05) is 17.2 Å². The zero-order valence-electron chi connectivity index (χ0n) is 27.2. The number of aliphatic hydroxyl groups excluding tert-OH is 1. The van der Waals surface area contributed by atoms with Gasteiger partial charge in [-0.3, -0.25) is 19.1 Å². The number of rotatable bonds is 12. The predicted octanol–water partition coefficient (Wildman–Crippen LogP) is 2.90. The fourth-order valence-electron chi connectivity index (χ4n) is 6.05. The summed E-state index contributed by atoms with van der Waals surface area (Å²) < 4.78 is 33.8. The summed E-state index contributed by atoms with van der Waals surface area (Å²) in [5.74, 6) is -2.32. The molecule has 12 nitrogen and oxygen atoms in total. The van der Waals surface area contributed by atoms with Crippen LogP contribution >= 0.6 is 11.3 Å². The highest BCUT2D eigenvalue weighted by Crippen LogP contribution is 2.45. The molecule has 0 bridgehead atoms. The van der Waals surface area contributed by atoms with Gasteiger partial charge in [0.15, 0.2) is 0 Å². The summed E-state index contributed by atoms with van der Waals surface area (Å²) in [6.45, 7) is 8.89. The largest absolute Gasteiger partial charge is 0.471 e. The maximum Gasteiger partial charge on any atom is 0.259 e. The van der Waals surface area contributed by atoms with Crippen LogP contribution in [-0.4, -0.2) is 81.7 Å². The summed E-state index contributed by atoms with van der Waals surface area (Å²) in [5, 5.41) is 15.1. The topological polar surface area (TPSA) is 168 Å². The number of aromatic nitrogens is 2. The van der Waals surface area contributed by atoms with Crippen molar-refractivity contribution in [2.45, 2.75) is 88.3 Å². The number of thiophene rings is 1. The summed E-state index contributed by atoms with van der Waals surface area (Å²) in [6.07, 6.45) is 1.83. The average Bonchev–Trinajstić information content (AvgIpc) is 3.92. The van der Waals surface area contributed by atoms with Crippen LogP contribution in [0, 0.1) is 11.3 Å². The Balaban J connectivity index is 1.26. The minimum Gasteiger partial charge on any atom is -0.471 e. The van der Waals surface area contributed by atoms with E-state index in [2.05, 4.69) is 22.7 Å². The van der Waals surface area contributed by atoms with E-state index in [4.69, 9.17) is 14.7 Å². The number of benzene rings is 1. The van der Waals surface area contributed by atoms with E-state index in [1.165, 1.54) is 15.9 Å². The molecule has 1 aromatic carbocycles. The van der Waals surface area contributed by atoms with Crippen molar-refractivity contribution >= 4 is 50.1 Å². The molecular formula is C34H41N5O7S2. The average molecular weight is 696 g/mol. The molecule has 3 N–H and O–H groups in total. The van der Waals surface area contributed by atoms with Crippen LogP contribution < -0.4 is 14.8 Å². The van der Waals surface area contributed by atoms with Gasteiger partial charge in [-0.1, -0.05) is 45.0 Å². The smallest absolute Gasteiger partial charge is 0.259 e. The number of likely N-dealkylation sites (tertiary alicyclic amines) is 1. The fourth-order valence-corrected chi connectivity index (χ4v) is 8.13. The summed E-state index contributed by atoms with van der Waals surface area (Å²) in [6, 6.07) is 10.4. The Kier molecular flexibility index (Phi) is 9.11. The van der Waals surface area contributed by atoms with Crippen LogP contribution in [0.4, 0.5) is 0 Å². The SMILES string of the molecule is C=C[C@@H]1C[C@]1(NC(=O)[C@@H]1C[C@@H](Oc2nc3ccccc3nc2CCc2cccs2)CN1C(=O)[C@@H](O)C(C)(C)C)C(=O)NS(=O)(=O)C1CC1. The van der Waals surface area contributed by atoms with Crippen molar-refractivity contribution in [3.05, 3.63) is 65.0 Å². The number of aliphatic hydroxyl groups is 1. The van der Waals surface area contributed by atoms with Gasteiger partial charge in [-0.05, 0) is 61.1 Å². The van der Waals surface area contributed by atoms with Crippen molar-refractivity contribution in [2.75, 3.05) is 6.54 Å². The number of hydrogen-bond donors (Lipinski definition) is 3. The molecule has 48 heavy (non-hydrogen) atoms. The number of fused-ring (bicyclic) bond motifs is 1. The lowest BCUT2D eigenvalue weighted by Crippen LogP contribution is -2.57. The van der Waals surface area contributed by atoms with Crippen LogP contribution in [0.5, 0.6) is 5.88 Å². The van der Waals surface area contributed by atoms with E-state index in [0.717, 1.165) is 6.42 Å². The summed E-state index contributed by atoms with van der Waals surface area (Å²) >= 11 is 1.65. The van der Waals surface area contributed by atoms with Crippen molar-refractivity contribution in [2.24, 2.45) is 11.3 Å². The lowest BCUT2D eigenvalue weighted by atomic mass is 9.88. The molecule has 0 unspecified atom stereocenters.